The molecular weight excluding hydrogens is 2050 g/mol. The van der Waals surface area contributed by atoms with Gasteiger partial charge in [-0.3, -0.25) is 0 Å². The largest absolute Gasteiger partial charge is 0.497 e. The quantitative estimate of drug-likeness (QED) is 0.0223. The molecule has 0 aromatic heterocycles. The Balaban J connectivity index is 0.000000749. The summed E-state index contributed by atoms with van der Waals surface area (Å²) < 4.78 is 0.988. The maximum absolute atomic E-state index is 10.7. The van der Waals surface area contributed by atoms with Gasteiger partial charge < -0.3 is 33.4 Å². The number of benzene rings is 15. The molecule has 0 aliphatic heterocycles. The summed E-state index contributed by atoms with van der Waals surface area (Å²) in [6, 6.07) is 144. The van der Waals surface area contributed by atoms with Crippen molar-refractivity contribution < 1.29 is 74.0 Å². The third kappa shape index (κ3) is 40.8. The molecule has 15 aromatic carbocycles. The summed E-state index contributed by atoms with van der Waals surface area (Å²) in [5.74, 6) is 5.19. The van der Waals surface area contributed by atoms with E-state index < -0.39 is 57.7 Å². The van der Waals surface area contributed by atoms with Crippen LogP contribution in [0.3, 0.4) is 0 Å². The standard InChI is InChI=1S/4C18H15P.C12H11NO2.C10H8O2.C8H7IO2.C5H10Si.C2H4N.2C2H6.Pd.W.2H2/c4*1-4-10-16(11-5-1)19(17-12-6-2-7-13-17)18-14-8-3-9-15-18;1-9-5-6-11(12(14)15)8-10(9)4-2-3-7-13;1-3-8-6-9(10(11)12)5-4-7(8)2;1-5-2-3-6(8(10)11)4-7(5)9;1-5-6(2,3)4;1-2-3;2*1-2;;;;/h4*1-15H;3,5-8H,13H2,1H3,(H,14,15);1,4-6H,2H3,(H,11,12);2-4H,1H3,(H,10,11);1H,2-4H3;1-2H,3H2;2*1-2H3;;;2*1H/q;;;;;;;;-1;;;;;;/b;;;;7-3+;;;;;;;;;;/i;;;;;;;;;;;;;2*1+2. The fraction of sp³-hybridized carbons (Fsp3) is 0.0885. The van der Waals surface area contributed by atoms with Crippen LogP contribution in [0, 0.1) is 67.1 Å². The van der Waals surface area contributed by atoms with Gasteiger partial charge in [0.1, 0.15) is 8.07 Å². The normalized spacial score (nSPS) is 9.68. The molecule has 0 fully saturated rings. The minimum Gasteiger partial charge on any atom is -0.497 e. The summed E-state index contributed by atoms with van der Waals surface area (Å²) in [5.41, 5.74) is 17.5. The molecule has 662 valence electrons. The zero-order valence-electron chi connectivity index (χ0n) is 74.4. The van der Waals surface area contributed by atoms with E-state index in [-0.39, 0.29) is 55.5 Å². The third-order valence-electron chi connectivity index (χ3n) is 17.5. The van der Waals surface area contributed by atoms with E-state index in [4.69, 9.17) is 33.9 Å². The number of aryl methyl sites for hydroxylation is 3. The van der Waals surface area contributed by atoms with Gasteiger partial charge in [0.15, 0.2) is 0 Å². The summed E-state index contributed by atoms with van der Waals surface area (Å²) in [6.45, 7) is 24.6. The number of carbonyl (C=O) groups is 3. The summed E-state index contributed by atoms with van der Waals surface area (Å²) in [6.07, 6.45) is 14.1. The van der Waals surface area contributed by atoms with Crippen molar-refractivity contribution in [2.45, 2.75) is 68.1 Å². The van der Waals surface area contributed by atoms with Crippen molar-refractivity contribution in [3.05, 3.63) is 492 Å². The van der Waals surface area contributed by atoms with Crippen LogP contribution >= 0.6 is 54.3 Å². The molecule has 8 nitrogen and oxygen atoms in total. The van der Waals surface area contributed by atoms with Crippen molar-refractivity contribution in [1.82, 2.24) is 0 Å². The molecule has 16 heteroatoms. The molecule has 0 saturated carbocycles. The van der Waals surface area contributed by atoms with Gasteiger partial charge >= 0.3 is 17.9 Å². The maximum Gasteiger partial charge on any atom is 0.335 e. The number of nitrogens with two attached hydrogens (primary N) is 2. The Bertz CT molecular complexity index is 5010. The summed E-state index contributed by atoms with van der Waals surface area (Å²) >= 11 is 2.12. The zero-order valence-corrected chi connectivity index (χ0v) is 85.6. The molecule has 0 saturated heterocycles. The van der Waals surface area contributed by atoms with E-state index in [1.165, 1.54) is 82.0 Å². The van der Waals surface area contributed by atoms with Gasteiger partial charge in [0.05, 0.1) is 16.7 Å². The maximum atomic E-state index is 10.7. The van der Waals surface area contributed by atoms with E-state index in [0.717, 1.165) is 26.5 Å². The number of halogens is 1. The molecule has 15 aromatic rings. The van der Waals surface area contributed by atoms with Crippen molar-refractivity contribution in [3.8, 4) is 36.2 Å². The fourth-order valence-electron chi connectivity index (χ4n) is 11.4. The van der Waals surface area contributed by atoms with Gasteiger partial charge in [0, 0.05) is 71.3 Å². The molecule has 7 N–H and O–H groups in total. The van der Waals surface area contributed by atoms with Crippen molar-refractivity contribution >= 4 is 144 Å². The van der Waals surface area contributed by atoms with Crippen LogP contribution in [0.1, 0.15) is 89.4 Å². The second kappa shape index (κ2) is 65.1. The number of carboxylic acids is 3. The van der Waals surface area contributed by atoms with Crippen LogP contribution in [0.25, 0.3) is 0 Å². The van der Waals surface area contributed by atoms with E-state index >= 15 is 0 Å². The molecule has 0 unspecified atom stereocenters. The van der Waals surface area contributed by atoms with Crippen LogP contribution in [-0.4, -0.2) is 41.3 Å². The molecule has 0 spiro atoms. The Kier molecular flexibility index (Phi) is 56.3. The van der Waals surface area contributed by atoms with Crippen molar-refractivity contribution in [2.24, 2.45) is 11.5 Å². The van der Waals surface area contributed by atoms with Crippen LogP contribution in [0.2, 0.25) is 19.6 Å². The molecule has 15 rings (SSSR count). The second-order valence-electron chi connectivity index (χ2n) is 27.7. The number of carboxylic acid groups (broad SMARTS) is 3. The van der Waals surface area contributed by atoms with Gasteiger partial charge in [0.2, 0.25) is 0 Å². The van der Waals surface area contributed by atoms with Gasteiger partial charge in [-0.1, -0.05) is 447 Å². The van der Waals surface area contributed by atoms with Gasteiger partial charge in [-0.2, -0.15) is 6.20 Å². The Morgan fingerprint density at radius 2 is 0.512 bits per heavy atom. The van der Waals surface area contributed by atoms with Crippen LogP contribution in [0.5, 0.6) is 0 Å². The number of allylic oxidation sites excluding steroid dienone is 1. The van der Waals surface area contributed by atoms with Crippen LogP contribution in [-0.2, 0) is 41.5 Å². The average Bonchev–Trinajstić information content (AvgIpc) is 0.831. The second-order valence-corrected chi connectivity index (χ2v) is 42.5. The van der Waals surface area contributed by atoms with Gasteiger partial charge in [-0.25, -0.2) is 14.4 Å². The van der Waals surface area contributed by atoms with Gasteiger partial charge in [-0.15, -0.1) is 18.4 Å². The summed E-state index contributed by atoms with van der Waals surface area (Å²) in [5, 5.41) is 42.8. The van der Waals surface area contributed by atoms with E-state index in [2.05, 4.69) is 442 Å². The molecule has 0 aliphatic carbocycles. The fourth-order valence-corrected chi connectivity index (χ4v) is 21.1. The van der Waals surface area contributed by atoms with Crippen LogP contribution in [0.15, 0.2) is 437 Å². The molecule has 0 bridgehead atoms. The minimum atomic E-state index is -1.10. The molecule has 129 heavy (non-hydrogen) atoms. The van der Waals surface area contributed by atoms with Crippen molar-refractivity contribution in [3.63, 3.8) is 0 Å². The van der Waals surface area contributed by atoms with Crippen LogP contribution in [0.4, 0.5) is 0 Å². The molecule has 0 aliphatic rings. The Hall–Kier alpha value is -11.5. The smallest absolute Gasteiger partial charge is 0.335 e. The molecule has 0 heterocycles. The molecule has 0 radical (unpaired) electrons. The minimum absolute atomic E-state index is 0. The Morgan fingerprint density at radius 3 is 0.674 bits per heavy atom. The SMILES string of the molecule is C#C[Si](C)(C)C.C#Cc1cc(C(=O)O)ccc1C.CC.CC.Cc1ccc(C(=O)O)cc1C#C/C=C/N.Cc1ccc(C(=O)O)cc1I.[3HH].[3HH].[CH-]=CN.[Pd].[W].c1ccc(P(c2ccccc2)c2ccccc2)cc1.c1ccc(P(c2ccccc2)c2ccccc2)cc1.c1ccc(P(c2ccccc2)c2ccccc2)cc1.c1ccc(P(c2ccccc2)c2ccccc2)cc1. The number of rotatable bonds is 15. The van der Waals surface area contributed by atoms with Gasteiger partial charge in [0.25, 0.3) is 0 Å². The van der Waals surface area contributed by atoms with Crippen LogP contribution < -0.4 is 75.1 Å². The summed E-state index contributed by atoms with van der Waals surface area (Å²) in [7, 11) is -2.89. The van der Waals surface area contributed by atoms with E-state index in [1.54, 1.807) is 42.5 Å². The van der Waals surface area contributed by atoms with E-state index in [1.807, 2.05) is 54.5 Å². The zero-order chi connectivity index (χ0) is 92.4. The first-order valence-electron chi connectivity index (χ1n) is 41.2. The average molecular weight is 2170 g/mol. The van der Waals surface area contributed by atoms with E-state index in [9.17, 15) is 14.4 Å². The first kappa shape index (κ1) is 112. The predicted octanol–water partition coefficient (Wildman–Crippen LogP) is 23.2. The summed E-state index contributed by atoms with van der Waals surface area (Å²) in [4.78, 5) is 31.7. The molecule has 0 amide bonds. The Labute approximate surface area is 818 Å². The van der Waals surface area contributed by atoms with E-state index in [0.29, 0.717) is 16.7 Å². The topological polar surface area (TPSA) is 164 Å². The first-order chi connectivity index (χ1) is 61.7. The number of aromatic carboxylic acids is 3. The number of hydrogen-bond acceptors (Lipinski definition) is 5. The third-order valence-corrected chi connectivity index (χ3v) is 29.3. The monoisotopic (exact) mass is 2170 g/mol. The van der Waals surface area contributed by atoms with Crippen molar-refractivity contribution in [1.29, 1.82) is 0 Å². The Morgan fingerprint density at radius 1 is 0.341 bits per heavy atom. The molecule has 0 atom stereocenters. The number of hydrogen-bond donors (Lipinski definition) is 5. The molecular formula is C113H116IN2O6P4PdSiW-. The first-order valence-corrected chi connectivity index (χ1v) is 51.2. The predicted molar refractivity (Wildman–Crippen MR) is 568 cm³/mol. The number of terminal acetylenes is 2. The van der Waals surface area contributed by atoms with Gasteiger partial charge in [-0.05, 0) is 192 Å². The van der Waals surface area contributed by atoms with Crippen molar-refractivity contribution in [2.75, 3.05) is 0 Å².